The number of piperazine rings is 1. The molecule has 3 rings (SSSR count). The first-order chi connectivity index (χ1) is 10.2. The highest BCUT2D eigenvalue weighted by Gasteiger charge is 2.45. The number of para-hydroxylation sites is 1. The monoisotopic (exact) mass is 288 g/mol. The van der Waals surface area contributed by atoms with Crippen LogP contribution < -0.4 is 4.74 Å². The van der Waals surface area contributed by atoms with Gasteiger partial charge in [-0.05, 0) is 31.9 Å². The van der Waals surface area contributed by atoms with Crippen molar-refractivity contribution in [1.29, 1.82) is 0 Å². The molecule has 5 nitrogen and oxygen atoms in total. The highest BCUT2D eigenvalue weighted by molar-refractivity contribution is 5.97. The third-order valence-corrected chi connectivity index (χ3v) is 4.27. The molecule has 0 spiro atoms. The van der Waals surface area contributed by atoms with Crippen LogP contribution >= 0.6 is 0 Å². The first-order valence-electron chi connectivity index (χ1n) is 7.47. The van der Waals surface area contributed by atoms with Crippen LogP contribution in [0.3, 0.4) is 0 Å². The zero-order valence-electron chi connectivity index (χ0n) is 12.2. The van der Waals surface area contributed by atoms with E-state index in [4.69, 9.17) is 4.74 Å². The quantitative estimate of drug-likeness (QED) is 0.839. The lowest BCUT2D eigenvalue weighted by Gasteiger charge is -2.40. The van der Waals surface area contributed by atoms with Crippen LogP contribution in [0.15, 0.2) is 30.3 Å². The molecule has 0 saturated carbocycles. The predicted molar refractivity (Wildman–Crippen MR) is 77.8 cm³/mol. The van der Waals surface area contributed by atoms with Gasteiger partial charge in [-0.1, -0.05) is 18.2 Å². The molecule has 2 saturated heterocycles. The zero-order valence-corrected chi connectivity index (χ0v) is 12.2. The minimum atomic E-state index is -0.383. The minimum Gasteiger partial charge on any atom is -0.492 e. The number of benzene rings is 1. The topological polar surface area (TPSA) is 49.9 Å². The highest BCUT2D eigenvalue weighted by atomic mass is 16.5. The van der Waals surface area contributed by atoms with Gasteiger partial charge in [0, 0.05) is 6.54 Å². The Morgan fingerprint density at radius 2 is 1.95 bits per heavy atom. The number of carbonyl (C=O) groups excluding carboxylic acids is 2. The first-order valence-corrected chi connectivity index (χ1v) is 7.47. The van der Waals surface area contributed by atoms with Gasteiger partial charge in [0.15, 0.2) is 0 Å². The molecule has 0 bridgehead atoms. The standard InChI is InChI=1S/C16H20N2O3/c1-12-15(19)18-9-5-8-14(18)16(20)17(12)10-11-21-13-6-3-2-4-7-13/h2-4,6-7,12,14H,5,8-11H2,1H3/t12-,14+/m0/s1. The van der Waals surface area contributed by atoms with Gasteiger partial charge in [0.25, 0.3) is 0 Å². The van der Waals surface area contributed by atoms with Crippen molar-refractivity contribution in [1.82, 2.24) is 9.80 Å². The van der Waals surface area contributed by atoms with Gasteiger partial charge in [-0.15, -0.1) is 0 Å². The molecule has 2 amide bonds. The SMILES string of the molecule is C[C@H]1C(=O)N2CCC[C@@H]2C(=O)N1CCOc1ccccc1. The Balaban J connectivity index is 1.61. The van der Waals surface area contributed by atoms with Gasteiger partial charge in [0.05, 0.1) is 6.54 Å². The predicted octanol–water partition coefficient (Wildman–Crippen LogP) is 1.29. The summed E-state index contributed by atoms with van der Waals surface area (Å²) in [6.07, 6.45) is 1.70. The lowest BCUT2D eigenvalue weighted by atomic mass is 10.1. The lowest BCUT2D eigenvalue weighted by molar-refractivity contribution is -0.158. The first kappa shape index (κ1) is 13.9. The van der Waals surface area contributed by atoms with E-state index in [9.17, 15) is 9.59 Å². The molecule has 0 N–H and O–H groups in total. The molecule has 21 heavy (non-hydrogen) atoms. The number of fused-ring (bicyclic) bond motifs is 1. The van der Waals surface area contributed by atoms with Gasteiger partial charge < -0.3 is 14.5 Å². The second-order valence-corrected chi connectivity index (χ2v) is 5.56. The number of amides is 2. The van der Waals surface area contributed by atoms with Crippen molar-refractivity contribution in [2.24, 2.45) is 0 Å². The summed E-state index contributed by atoms with van der Waals surface area (Å²) in [5.41, 5.74) is 0. The van der Waals surface area contributed by atoms with Gasteiger partial charge in [0.1, 0.15) is 24.4 Å². The molecular weight excluding hydrogens is 268 g/mol. The molecule has 0 radical (unpaired) electrons. The number of rotatable bonds is 4. The maximum Gasteiger partial charge on any atom is 0.246 e. The third-order valence-electron chi connectivity index (χ3n) is 4.27. The van der Waals surface area contributed by atoms with E-state index in [-0.39, 0.29) is 23.9 Å². The molecule has 112 valence electrons. The molecule has 2 heterocycles. The second kappa shape index (κ2) is 5.76. The van der Waals surface area contributed by atoms with E-state index >= 15 is 0 Å². The summed E-state index contributed by atoms with van der Waals surface area (Å²) in [6, 6.07) is 8.87. The zero-order chi connectivity index (χ0) is 14.8. The summed E-state index contributed by atoms with van der Waals surface area (Å²) >= 11 is 0. The van der Waals surface area contributed by atoms with Crippen molar-refractivity contribution in [3.8, 4) is 5.75 Å². The number of ether oxygens (including phenoxy) is 1. The smallest absolute Gasteiger partial charge is 0.246 e. The summed E-state index contributed by atoms with van der Waals surface area (Å²) in [4.78, 5) is 28.2. The molecule has 2 aliphatic rings. The number of nitrogens with zero attached hydrogens (tertiary/aromatic N) is 2. The van der Waals surface area contributed by atoms with Crippen molar-refractivity contribution in [2.45, 2.75) is 31.8 Å². The van der Waals surface area contributed by atoms with Crippen LogP contribution in [0.25, 0.3) is 0 Å². The van der Waals surface area contributed by atoms with E-state index in [1.807, 2.05) is 30.3 Å². The Morgan fingerprint density at radius 3 is 2.71 bits per heavy atom. The van der Waals surface area contributed by atoms with Crippen molar-refractivity contribution < 1.29 is 14.3 Å². The Bertz CT molecular complexity index is 532. The Hall–Kier alpha value is -2.04. The van der Waals surface area contributed by atoms with Crippen LogP contribution in [0.1, 0.15) is 19.8 Å². The summed E-state index contributed by atoms with van der Waals surface area (Å²) < 4.78 is 5.63. The van der Waals surface area contributed by atoms with Gasteiger partial charge in [-0.25, -0.2) is 0 Å². The normalized spacial score (nSPS) is 25.2. The molecule has 5 heteroatoms. The fraction of sp³-hybridized carbons (Fsp3) is 0.500. The Labute approximate surface area is 124 Å². The summed E-state index contributed by atoms with van der Waals surface area (Å²) in [5, 5.41) is 0. The summed E-state index contributed by atoms with van der Waals surface area (Å²) in [7, 11) is 0. The molecule has 0 unspecified atom stereocenters. The van der Waals surface area contributed by atoms with Crippen LogP contribution in [0, 0.1) is 0 Å². The average Bonchev–Trinajstić information content (AvgIpc) is 2.99. The Kier molecular flexibility index (Phi) is 3.82. The van der Waals surface area contributed by atoms with E-state index in [1.54, 1.807) is 16.7 Å². The van der Waals surface area contributed by atoms with Crippen LogP contribution in [-0.2, 0) is 9.59 Å². The number of hydrogen-bond acceptors (Lipinski definition) is 3. The third kappa shape index (κ3) is 2.60. The van der Waals surface area contributed by atoms with E-state index in [0.29, 0.717) is 19.7 Å². The molecule has 0 aliphatic carbocycles. The molecule has 2 aliphatic heterocycles. The van der Waals surface area contributed by atoms with Gasteiger partial charge >= 0.3 is 0 Å². The largest absolute Gasteiger partial charge is 0.492 e. The van der Waals surface area contributed by atoms with Crippen LogP contribution in [0.4, 0.5) is 0 Å². The molecule has 2 fully saturated rings. The average molecular weight is 288 g/mol. The number of carbonyl (C=O) groups is 2. The molecule has 1 aromatic rings. The maximum absolute atomic E-state index is 12.5. The molecule has 0 aromatic heterocycles. The van der Waals surface area contributed by atoms with E-state index < -0.39 is 0 Å². The van der Waals surface area contributed by atoms with Gasteiger partial charge in [0.2, 0.25) is 11.8 Å². The lowest BCUT2D eigenvalue weighted by Crippen LogP contribution is -2.62. The highest BCUT2D eigenvalue weighted by Crippen LogP contribution is 2.26. The van der Waals surface area contributed by atoms with Crippen LogP contribution in [0.2, 0.25) is 0 Å². The number of hydrogen-bond donors (Lipinski definition) is 0. The van der Waals surface area contributed by atoms with E-state index in [1.165, 1.54) is 0 Å². The fourth-order valence-corrected chi connectivity index (χ4v) is 3.13. The summed E-state index contributed by atoms with van der Waals surface area (Å²) in [6.45, 7) is 3.37. The molecular formula is C16H20N2O3. The van der Waals surface area contributed by atoms with Crippen LogP contribution in [0.5, 0.6) is 5.75 Å². The summed E-state index contributed by atoms with van der Waals surface area (Å²) in [5.74, 6) is 0.913. The van der Waals surface area contributed by atoms with Crippen molar-refractivity contribution >= 4 is 11.8 Å². The van der Waals surface area contributed by atoms with Crippen molar-refractivity contribution in [3.63, 3.8) is 0 Å². The van der Waals surface area contributed by atoms with Crippen molar-refractivity contribution in [2.75, 3.05) is 19.7 Å². The molecule has 1 aromatic carbocycles. The minimum absolute atomic E-state index is 0.0660. The van der Waals surface area contributed by atoms with Crippen LogP contribution in [-0.4, -0.2) is 53.4 Å². The maximum atomic E-state index is 12.5. The van der Waals surface area contributed by atoms with E-state index in [0.717, 1.165) is 18.6 Å². The second-order valence-electron chi connectivity index (χ2n) is 5.56. The van der Waals surface area contributed by atoms with Gasteiger partial charge in [-0.3, -0.25) is 9.59 Å². The van der Waals surface area contributed by atoms with E-state index in [2.05, 4.69) is 0 Å². The van der Waals surface area contributed by atoms with Gasteiger partial charge in [-0.2, -0.15) is 0 Å². The molecule has 2 atom stereocenters. The Morgan fingerprint density at radius 1 is 1.19 bits per heavy atom. The fourth-order valence-electron chi connectivity index (χ4n) is 3.13. The van der Waals surface area contributed by atoms with Crippen molar-refractivity contribution in [3.05, 3.63) is 30.3 Å².